The number of hydrogen-bond acceptors (Lipinski definition) is 4. The maximum Gasteiger partial charge on any atom is 0.471 e. The molecule has 0 spiro atoms. The van der Waals surface area contributed by atoms with Gasteiger partial charge >= 0.3 is 18.1 Å². The summed E-state index contributed by atoms with van der Waals surface area (Å²) < 4.78 is 42.4. The van der Waals surface area contributed by atoms with Crippen molar-refractivity contribution in [2.75, 3.05) is 5.32 Å². The van der Waals surface area contributed by atoms with Crippen LogP contribution in [0.4, 0.5) is 18.9 Å². The van der Waals surface area contributed by atoms with Crippen LogP contribution in [0.3, 0.4) is 0 Å². The molecule has 0 unspecified atom stereocenters. The van der Waals surface area contributed by atoms with E-state index in [0.29, 0.717) is 5.56 Å². The SMILES string of the molecule is O=C(Cl)c1ccc(NC(=O)C(F)(F)F)c(C(=O)OCc2ccccc2)c1. The Balaban J connectivity index is 2.27. The van der Waals surface area contributed by atoms with Crippen molar-refractivity contribution in [3.8, 4) is 0 Å². The van der Waals surface area contributed by atoms with Gasteiger partial charge in [0.15, 0.2) is 0 Å². The molecule has 0 fully saturated rings. The third-order valence-corrected chi connectivity index (χ3v) is 3.40. The molecule has 2 aromatic rings. The fourth-order valence-corrected chi connectivity index (χ4v) is 2.06. The number of nitrogens with one attached hydrogen (secondary N) is 1. The number of ether oxygens (including phenoxy) is 1. The van der Waals surface area contributed by atoms with E-state index in [0.717, 1.165) is 18.2 Å². The van der Waals surface area contributed by atoms with Crippen LogP contribution in [-0.4, -0.2) is 23.3 Å². The number of rotatable bonds is 5. The van der Waals surface area contributed by atoms with Crippen LogP contribution in [0.1, 0.15) is 26.3 Å². The minimum Gasteiger partial charge on any atom is -0.457 e. The maximum absolute atomic E-state index is 12.4. The number of benzene rings is 2. The van der Waals surface area contributed by atoms with Crippen molar-refractivity contribution in [1.29, 1.82) is 0 Å². The summed E-state index contributed by atoms with van der Waals surface area (Å²) in [5.41, 5.74) is -0.369. The summed E-state index contributed by atoms with van der Waals surface area (Å²) in [6, 6.07) is 11.5. The molecule has 0 aliphatic carbocycles. The largest absolute Gasteiger partial charge is 0.471 e. The predicted molar refractivity (Wildman–Crippen MR) is 86.9 cm³/mol. The van der Waals surface area contributed by atoms with E-state index in [1.165, 1.54) is 0 Å². The van der Waals surface area contributed by atoms with Crippen molar-refractivity contribution in [2.45, 2.75) is 12.8 Å². The van der Waals surface area contributed by atoms with Crippen LogP contribution < -0.4 is 5.32 Å². The third-order valence-electron chi connectivity index (χ3n) is 3.18. The lowest BCUT2D eigenvalue weighted by atomic mass is 10.1. The highest BCUT2D eigenvalue weighted by Gasteiger charge is 2.39. The number of carbonyl (C=O) groups excluding carboxylic acids is 3. The first-order chi connectivity index (χ1) is 12.2. The van der Waals surface area contributed by atoms with Crippen LogP contribution in [0.5, 0.6) is 0 Å². The van der Waals surface area contributed by atoms with Crippen molar-refractivity contribution in [3.63, 3.8) is 0 Å². The lowest BCUT2D eigenvalue weighted by molar-refractivity contribution is -0.167. The van der Waals surface area contributed by atoms with Gasteiger partial charge in [0, 0.05) is 5.56 Å². The van der Waals surface area contributed by atoms with Crippen molar-refractivity contribution in [3.05, 3.63) is 65.2 Å². The predicted octanol–water partition coefficient (Wildman–Crippen LogP) is 3.92. The molecule has 0 atom stereocenters. The van der Waals surface area contributed by atoms with Gasteiger partial charge in [0.2, 0.25) is 0 Å². The lowest BCUT2D eigenvalue weighted by Gasteiger charge is -2.13. The Labute approximate surface area is 150 Å². The standard InChI is InChI=1S/C17H11ClF3NO4/c18-14(23)11-6-7-13(22-16(25)17(19,20)21)12(8-11)15(24)26-9-10-4-2-1-3-5-10/h1-8H,9H2,(H,22,25). The van der Waals surface area contributed by atoms with E-state index in [2.05, 4.69) is 0 Å². The van der Waals surface area contributed by atoms with Crippen molar-refractivity contribution >= 4 is 34.4 Å². The molecule has 9 heteroatoms. The molecule has 0 radical (unpaired) electrons. The zero-order valence-corrected chi connectivity index (χ0v) is 13.7. The molecule has 0 aromatic heterocycles. The van der Waals surface area contributed by atoms with E-state index in [-0.39, 0.29) is 12.2 Å². The van der Waals surface area contributed by atoms with Gasteiger partial charge < -0.3 is 10.1 Å². The van der Waals surface area contributed by atoms with Crippen LogP contribution in [0.15, 0.2) is 48.5 Å². The fraction of sp³-hybridized carbons (Fsp3) is 0.118. The third kappa shape index (κ3) is 5.06. The molecular formula is C17H11ClF3NO4. The van der Waals surface area contributed by atoms with Crippen molar-refractivity contribution < 1.29 is 32.3 Å². The highest BCUT2D eigenvalue weighted by molar-refractivity contribution is 6.67. The molecule has 5 nitrogen and oxygen atoms in total. The second-order valence-corrected chi connectivity index (χ2v) is 5.39. The van der Waals surface area contributed by atoms with Gasteiger partial charge in [0.05, 0.1) is 11.3 Å². The molecule has 0 aliphatic rings. The van der Waals surface area contributed by atoms with E-state index in [9.17, 15) is 27.6 Å². The lowest BCUT2D eigenvalue weighted by Crippen LogP contribution is -2.30. The highest BCUT2D eigenvalue weighted by atomic mass is 35.5. The molecule has 2 aromatic carbocycles. The number of hydrogen-bond donors (Lipinski definition) is 1. The Morgan fingerprint density at radius 1 is 1.04 bits per heavy atom. The summed E-state index contributed by atoms with van der Waals surface area (Å²) in [5, 5.41) is 0.656. The number of carbonyl (C=O) groups is 3. The van der Waals surface area contributed by atoms with Crippen LogP contribution in [0.25, 0.3) is 0 Å². The van der Waals surface area contributed by atoms with E-state index in [1.54, 1.807) is 35.6 Å². The summed E-state index contributed by atoms with van der Waals surface area (Å²) in [6.07, 6.45) is -5.15. The van der Waals surface area contributed by atoms with Crippen molar-refractivity contribution in [1.82, 2.24) is 0 Å². The molecule has 136 valence electrons. The molecule has 1 N–H and O–H groups in total. The quantitative estimate of drug-likeness (QED) is 0.625. The second-order valence-electron chi connectivity index (χ2n) is 5.05. The summed E-state index contributed by atoms with van der Waals surface area (Å²) in [5.74, 6) is -3.29. The van der Waals surface area contributed by atoms with Gasteiger partial charge in [-0.2, -0.15) is 13.2 Å². The number of esters is 1. The van der Waals surface area contributed by atoms with Gasteiger partial charge in [-0.15, -0.1) is 0 Å². The van der Waals surface area contributed by atoms with Gasteiger partial charge in [-0.3, -0.25) is 9.59 Å². The van der Waals surface area contributed by atoms with Crippen molar-refractivity contribution in [2.24, 2.45) is 0 Å². The molecule has 0 saturated heterocycles. The Morgan fingerprint density at radius 2 is 1.69 bits per heavy atom. The first kappa shape index (κ1) is 19.5. The zero-order valence-electron chi connectivity index (χ0n) is 13.0. The van der Waals surface area contributed by atoms with Gasteiger partial charge in [0.1, 0.15) is 6.61 Å². The summed E-state index contributed by atoms with van der Waals surface area (Å²) in [7, 11) is 0. The highest BCUT2D eigenvalue weighted by Crippen LogP contribution is 2.24. The van der Waals surface area contributed by atoms with Crippen LogP contribution in [0.2, 0.25) is 0 Å². The molecule has 26 heavy (non-hydrogen) atoms. The molecule has 0 saturated carbocycles. The van der Waals surface area contributed by atoms with Gasteiger partial charge in [-0.25, -0.2) is 4.79 Å². The summed E-state index contributed by atoms with van der Waals surface area (Å²) in [6.45, 7) is -0.147. The average Bonchev–Trinajstić information content (AvgIpc) is 2.59. The zero-order chi connectivity index (χ0) is 19.3. The van der Waals surface area contributed by atoms with Gasteiger partial charge in [-0.1, -0.05) is 30.3 Å². The van der Waals surface area contributed by atoms with Crippen LogP contribution in [0, 0.1) is 0 Å². The van der Waals surface area contributed by atoms with Gasteiger partial charge in [-0.05, 0) is 35.4 Å². The second kappa shape index (κ2) is 8.01. The molecule has 0 bridgehead atoms. The Morgan fingerprint density at radius 3 is 2.27 bits per heavy atom. The number of amides is 1. The Kier molecular flexibility index (Phi) is 5.99. The topological polar surface area (TPSA) is 72.5 Å². The fourth-order valence-electron chi connectivity index (χ4n) is 1.94. The molecule has 1 amide bonds. The maximum atomic E-state index is 12.4. The molecule has 2 rings (SSSR count). The molecule has 0 aliphatic heterocycles. The Bertz CT molecular complexity index is 838. The number of alkyl halides is 3. The minimum absolute atomic E-state index is 0.136. The monoisotopic (exact) mass is 385 g/mol. The van der Waals surface area contributed by atoms with E-state index < -0.39 is 34.5 Å². The normalized spacial score (nSPS) is 10.9. The summed E-state index contributed by atoms with van der Waals surface area (Å²) in [4.78, 5) is 34.6. The number of halogens is 4. The van der Waals surface area contributed by atoms with E-state index >= 15 is 0 Å². The summed E-state index contributed by atoms with van der Waals surface area (Å²) >= 11 is 5.33. The molecular weight excluding hydrogens is 375 g/mol. The van der Waals surface area contributed by atoms with Crippen LogP contribution in [-0.2, 0) is 16.1 Å². The number of anilines is 1. The minimum atomic E-state index is -5.15. The van der Waals surface area contributed by atoms with E-state index in [1.807, 2.05) is 0 Å². The van der Waals surface area contributed by atoms with Crippen LogP contribution >= 0.6 is 11.6 Å². The molecule has 0 heterocycles. The first-order valence-electron chi connectivity index (χ1n) is 7.11. The van der Waals surface area contributed by atoms with E-state index in [4.69, 9.17) is 16.3 Å². The van der Waals surface area contributed by atoms with Gasteiger partial charge in [0.25, 0.3) is 5.24 Å². The smallest absolute Gasteiger partial charge is 0.457 e. The Hall–Kier alpha value is -2.87. The first-order valence-corrected chi connectivity index (χ1v) is 7.49. The average molecular weight is 386 g/mol.